The third-order valence-electron chi connectivity index (χ3n) is 2.71. The van der Waals surface area contributed by atoms with Crippen molar-refractivity contribution in [1.29, 1.82) is 0 Å². The smallest absolute Gasteiger partial charge is 0.111 e. The van der Waals surface area contributed by atoms with Gasteiger partial charge >= 0.3 is 0 Å². The topological polar surface area (TPSA) is 46.2 Å². The number of rotatable bonds is 15. The van der Waals surface area contributed by atoms with Gasteiger partial charge in [0.1, 0.15) is 13.2 Å². The molecule has 0 heterocycles. The molecule has 0 aliphatic heterocycles. The molecule has 0 saturated heterocycles. The zero-order valence-electron chi connectivity index (χ0n) is 13.5. The van der Waals surface area contributed by atoms with Crippen LogP contribution in [-0.2, 0) is 23.7 Å². The van der Waals surface area contributed by atoms with Crippen LogP contribution in [0.15, 0.2) is 49.4 Å². The monoisotopic (exact) mass is 322 g/mol. The first-order valence-electron chi connectivity index (χ1n) is 7.72. The normalized spacial score (nSPS) is 10.8. The Labute approximate surface area is 138 Å². The second-order valence-corrected chi connectivity index (χ2v) is 4.46. The molecular formula is C18H26O5. The van der Waals surface area contributed by atoms with E-state index in [1.807, 2.05) is 36.4 Å². The summed E-state index contributed by atoms with van der Waals surface area (Å²) in [5.74, 6) is 0. The quantitative estimate of drug-likeness (QED) is 0.367. The lowest BCUT2D eigenvalue weighted by Gasteiger charge is -2.06. The molecule has 0 spiro atoms. The van der Waals surface area contributed by atoms with Gasteiger partial charge in [-0.2, -0.15) is 0 Å². The zero-order chi connectivity index (χ0) is 16.4. The van der Waals surface area contributed by atoms with Crippen LogP contribution < -0.4 is 0 Å². The lowest BCUT2D eigenvalue weighted by molar-refractivity contribution is 0.000558. The van der Waals surface area contributed by atoms with Crippen molar-refractivity contribution in [3.63, 3.8) is 0 Å². The van der Waals surface area contributed by atoms with E-state index >= 15 is 0 Å². The average molecular weight is 322 g/mol. The van der Waals surface area contributed by atoms with Gasteiger partial charge in [-0.05, 0) is 11.6 Å². The molecule has 0 amide bonds. The van der Waals surface area contributed by atoms with Crippen molar-refractivity contribution < 1.29 is 23.7 Å². The molecule has 0 bridgehead atoms. The van der Waals surface area contributed by atoms with Crippen LogP contribution in [-0.4, -0.2) is 52.9 Å². The van der Waals surface area contributed by atoms with Gasteiger partial charge in [-0.15, -0.1) is 0 Å². The predicted molar refractivity (Wildman–Crippen MR) is 90.0 cm³/mol. The molecule has 0 aliphatic carbocycles. The highest BCUT2D eigenvalue weighted by molar-refractivity contribution is 5.47. The van der Waals surface area contributed by atoms with Crippen LogP contribution >= 0.6 is 0 Å². The molecule has 0 fully saturated rings. The van der Waals surface area contributed by atoms with Crippen LogP contribution in [0.4, 0.5) is 0 Å². The van der Waals surface area contributed by atoms with E-state index in [-0.39, 0.29) is 0 Å². The van der Waals surface area contributed by atoms with Crippen LogP contribution in [0.3, 0.4) is 0 Å². The molecule has 23 heavy (non-hydrogen) atoms. The third-order valence-corrected chi connectivity index (χ3v) is 2.71. The molecule has 5 heteroatoms. The number of hydrogen-bond acceptors (Lipinski definition) is 5. The number of hydrogen-bond donors (Lipinski definition) is 0. The number of benzene rings is 1. The molecule has 5 nitrogen and oxygen atoms in total. The molecule has 0 unspecified atom stereocenters. The van der Waals surface area contributed by atoms with Crippen molar-refractivity contribution in [1.82, 2.24) is 0 Å². The van der Waals surface area contributed by atoms with Crippen molar-refractivity contribution in [3.05, 3.63) is 55.0 Å². The lowest BCUT2D eigenvalue weighted by atomic mass is 10.2. The van der Waals surface area contributed by atoms with Crippen molar-refractivity contribution in [3.8, 4) is 0 Å². The van der Waals surface area contributed by atoms with Crippen molar-refractivity contribution in [2.75, 3.05) is 52.9 Å². The molecule has 0 N–H and O–H groups in total. The van der Waals surface area contributed by atoms with Gasteiger partial charge in [0, 0.05) is 0 Å². The van der Waals surface area contributed by atoms with E-state index in [0.717, 1.165) is 5.56 Å². The van der Waals surface area contributed by atoms with Gasteiger partial charge in [0.2, 0.25) is 0 Å². The van der Waals surface area contributed by atoms with E-state index in [0.29, 0.717) is 52.9 Å². The molecule has 1 aromatic rings. The Bertz CT molecular complexity index is 405. The first-order chi connectivity index (χ1) is 11.4. The fraction of sp³-hybridized carbons (Fsp3) is 0.444. The van der Waals surface area contributed by atoms with Gasteiger partial charge in [-0.3, -0.25) is 0 Å². The van der Waals surface area contributed by atoms with Gasteiger partial charge in [0.15, 0.2) is 0 Å². The van der Waals surface area contributed by atoms with Crippen molar-refractivity contribution >= 4 is 6.08 Å². The molecule has 0 aromatic heterocycles. The van der Waals surface area contributed by atoms with Gasteiger partial charge in [0.25, 0.3) is 0 Å². The molecule has 0 atom stereocenters. The van der Waals surface area contributed by atoms with Gasteiger partial charge < -0.3 is 23.7 Å². The Balaban J connectivity index is 1.78. The fourth-order valence-corrected chi connectivity index (χ4v) is 1.60. The van der Waals surface area contributed by atoms with Crippen LogP contribution in [0, 0.1) is 0 Å². The fourth-order valence-electron chi connectivity index (χ4n) is 1.60. The maximum atomic E-state index is 5.39. The summed E-state index contributed by atoms with van der Waals surface area (Å²) in [6, 6.07) is 10.00. The van der Waals surface area contributed by atoms with Crippen LogP contribution in [0.25, 0.3) is 6.08 Å². The Kier molecular flexibility index (Phi) is 12.6. The lowest BCUT2D eigenvalue weighted by Crippen LogP contribution is -2.12. The first kappa shape index (κ1) is 19.2. The van der Waals surface area contributed by atoms with E-state index in [4.69, 9.17) is 23.7 Å². The van der Waals surface area contributed by atoms with Gasteiger partial charge in [0.05, 0.1) is 52.2 Å². The van der Waals surface area contributed by atoms with Crippen LogP contribution in [0.5, 0.6) is 0 Å². The van der Waals surface area contributed by atoms with Gasteiger partial charge in [-0.25, -0.2) is 0 Å². The Morgan fingerprint density at radius 1 is 0.696 bits per heavy atom. The van der Waals surface area contributed by atoms with Gasteiger partial charge in [-0.1, -0.05) is 36.9 Å². The highest BCUT2D eigenvalue weighted by Crippen LogP contribution is 2.00. The second-order valence-electron chi connectivity index (χ2n) is 4.46. The zero-order valence-corrected chi connectivity index (χ0v) is 13.5. The van der Waals surface area contributed by atoms with E-state index in [1.54, 1.807) is 6.26 Å². The first-order valence-corrected chi connectivity index (χ1v) is 7.72. The third kappa shape index (κ3) is 12.4. The maximum Gasteiger partial charge on any atom is 0.111 e. The Morgan fingerprint density at radius 3 is 1.78 bits per heavy atom. The summed E-state index contributed by atoms with van der Waals surface area (Å²) in [6.45, 7) is 7.76. The highest BCUT2D eigenvalue weighted by Gasteiger charge is 1.92. The highest BCUT2D eigenvalue weighted by atomic mass is 16.6. The van der Waals surface area contributed by atoms with Crippen LogP contribution in [0.2, 0.25) is 0 Å². The van der Waals surface area contributed by atoms with E-state index in [9.17, 15) is 0 Å². The average Bonchev–Trinajstić information content (AvgIpc) is 2.59. The van der Waals surface area contributed by atoms with E-state index in [2.05, 4.69) is 6.58 Å². The van der Waals surface area contributed by atoms with Crippen molar-refractivity contribution in [2.24, 2.45) is 0 Å². The largest absolute Gasteiger partial charge is 0.499 e. The molecule has 1 rings (SSSR count). The SMILES string of the molecule is C=COCCOCCOCCOCCOC=Cc1ccccc1. The molecule has 0 saturated carbocycles. The molecule has 1 aromatic carbocycles. The summed E-state index contributed by atoms with van der Waals surface area (Å²) in [4.78, 5) is 0. The summed E-state index contributed by atoms with van der Waals surface area (Å²) in [5, 5.41) is 0. The van der Waals surface area contributed by atoms with E-state index < -0.39 is 0 Å². The molecule has 0 aliphatic rings. The minimum atomic E-state index is 0.519. The van der Waals surface area contributed by atoms with Crippen molar-refractivity contribution in [2.45, 2.75) is 0 Å². The van der Waals surface area contributed by atoms with Crippen LogP contribution in [0.1, 0.15) is 5.56 Å². The summed E-state index contributed by atoms with van der Waals surface area (Å²) in [7, 11) is 0. The molecular weight excluding hydrogens is 296 g/mol. The molecule has 0 radical (unpaired) electrons. The summed E-state index contributed by atoms with van der Waals surface area (Å²) in [6.07, 6.45) is 5.00. The summed E-state index contributed by atoms with van der Waals surface area (Å²) >= 11 is 0. The number of ether oxygens (including phenoxy) is 5. The minimum Gasteiger partial charge on any atom is -0.499 e. The standard InChI is InChI=1S/C18H26O5/c1-2-19-10-11-21-14-15-23-17-16-22-13-12-20-9-8-18-6-4-3-5-7-18/h2-9H,1,10-17H2. The molecule has 128 valence electrons. The minimum absolute atomic E-state index is 0.519. The maximum absolute atomic E-state index is 5.39. The van der Waals surface area contributed by atoms with E-state index in [1.165, 1.54) is 6.26 Å². The summed E-state index contributed by atoms with van der Waals surface area (Å²) in [5.41, 5.74) is 1.11. The second kappa shape index (κ2) is 15.1. The predicted octanol–water partition coefficient (Wildman–Crippen LogP) is 2.88. The Hall–Kier alpha value is -1.82. The summed E-state index contributed by atoms with van der Waals surface area (Å²) < 4.78 is 26.3. The Morgan fingerprint density at radius 2 is 1.22 bits per heavy atom.